The highest BCUT2D eigenvalue weighted by molar-refractivity contribution is 7.56. The van der Waals surface area contributed by atoms with Crippen LogP contribution in [0, 0.1) is 5.92 Å². The molecule has 0 radical (unpaired) electrons. The van der Waals surface area contributed by atoms with Crippen LogP contribution in [0.5, 0.6) is 0 Å². The van der Waals surface area contributed by atoms with Gasteiger partial charge in [-0.25, -0.2) is 0 Å². The first-order valence-corrected chi connectivity index (χ1v) is 9.14. The molecule has 3 atom stereocenters. The predicted octanol–water partition coefficient (Wildman–Crippen LogP) is 3.52. The van der Waals surface area contributed by atoms with Crippen LogP contribution in [0.25, 0.3) is 0 Å². The molecule has 0 aromatic heterocycles. The lowest BCUT2D eigenvalue weighted by Crippen LogP contribution is -2.40. The van der Waals surface area contributed by atoms with E-state index >= 15 is 0 Å². The Labute approximate surface area is 120 Å². The van der Waals surface area contributed by atoms with Crippen molar-refractivity contribution in [2.75, 3.05) is 13.2 Å². The van der Waals surface area contributed by atoms with Crippen LogP contribution in [-0.4, -0.2) is 30.4 Å². The number of esters is 1. The molecule has 0 amide bonds. The lowest BCUT2D eigenvalue weighted by molar-refractivity contribution is -0.143. The molecular weight excluding hydrogens is 279 g/mol. The molecule has 2 aliphatic rings. The molecule has 116 valence electrons. The third-order valence-corrected chi connectivity index (χ3v) is 7.36. The molecule has 1 saturated carbocycles. The molecule has 20 heavy (non-hydrogen) atoms. The van der Waals surface area contributed by atoms with Gasteiger partial charge in [0.05, 0.1) is 13.2 Å². The highest BCUT2D eigenvalue weighted by Gasteiger charge is 2.65. The van der Waals surface area contributed by atoms with Gasteiger partial charge in [0.15, 0.2) is 5.16 Å². The number of rotatable bonds is 5. The third-order valence-electron chi connectivity index (χ3n) is 4.51. The topological polar surface area (TPSA) is 61.8 Å². The smallest absolute Gasteiger partial charge is 0.348 e. The highest BCUT2D eigenvalue weighted by atomic mass is 31.2. The van der Waals surface area contributed by atoms with Gasteiger partial charge in [0.2, 0.25) is 0 Å². The van der Waals surface area contributed by atoms with Gasteiger partial charge in [-0.1, -0.05) is 12.8 Å². The summed E-state index contributed by atoms with van der Waals surface area (Å²) in [5, 5.41) is -1.16. The van der Waals surface area contributed by atoms with E-state index in [9.17, 15) is 9.36 Å². The zero-order valence-electron chi connectivity index (χ0n) is 12.6. The van der Waals surface area contributed by atoms with Gasteiger partial charge in [0.25, 0.3) is 0 Å². The Morgan fingerprint density at radius 3 is 2.40 bits per heavy atom. The van der Waals surface area contributed by atoms with Gasteiger partial charge in [-0.05, 0) is 40.0 Å². The summed E-state index contributed by atoms with van der Waals surface area (Å²) in [4.78, 5) is 12.4. The van der Waals surface area contributed by atoms with E-state index in [2.05, 4.69) is 0 Å². The second-order valence-electron chi connectivity index (χ2n) is 5.67. The molecule has 0 bridgehead atoms. The summed E-state index contributed by atoms with van der Waals surface area (Å²) < 4.78 is 29.6. The molecule has 1 saturated heterocycles. The summed E-state index contributed by atoms with van der Waals surface area (Å²) in [6.07, 6.45) is 4.78. The van der Waals surface area contributed by atoms with Gasteiger partial charge in [0, 0.05) is 5.92 Å². The molecule has 0 unspecified atom stereocenters. The Morgan fingerprint density at radius 2 is 1.80 bits per heavy atom. The average Bonchev–Trinajstić information content (AvgIpc) is 2.58. The van der Waals surface area contributed by atoms with E-state index < -0.39 is 18.7 Å². The number of ether oxygens (including phenoxy) is 1. The van der Waals surface area contributed by atoms with E-state index in [-0.39, 0.29) is 25.2 Å². The number of fused-ring (bicyclic) bond motifs is 1. The number of carbonyl (C=O) groups is 1. The van der Waals surface area contributed by atoms with E-state index in [1.807, 2.05) is 0 Å². The van der Waals surface area contributed by atoms with Crippen molar-refractivity contribution in [1.29, 1.82) is 0 Å². The molecule has 0 N–H and O–H groups in total. The molecule has 0 aromatic rings. The lowest BCUT2D eigenvalue weighted by Gasteiger charge is -2.34. The van der Waals surface area contributed by atoms with Gasteiger partial charge >= 0.3 is 13.6 Å². The van der Waals surface area contributed by atoms with Crippen LogP contribution in [0.15, 0.2) is 0 Å². The standard InChI is InChI=1S/C14H25O5P/c1-4-17-20(16,18-5-2)14(3)11-9-7-6-8-10-12(11)19-13(14)15/h11-12H,4-10H2,1-3H3/t11-,12-,14+/m0/s1. The van der Waals surface area contributed by atoms with Crippen molar-refractivity contribution in [3.05, 3.63) is 0 Å². The van der Waals surface area contributed by atoms with E-state index in [0.717, 1.165) is 32.1 Å². The molecule has 1 heterocycles. The maximum atomic E-state index is 13.2. The quantitative estimate of drug-likeness (QED) is 0.574. The average molecular weight is 304 g/mol. The molecule has 0 aromatic carbocycles. The molecular formula is C14H25O5P. The SMILES string of the molecule is CCOP(=O)(OCC)[C@@]1(C)C(=O)O[C@H]2CCCCC[C@@H]21. The number of hydrogen-bond donors (Lipinski definition) is 0. The first-order chi connectivity index (χ1) is 9.49. The second-order valence-corrected chi connectivity index (χ2v) is 8.11. The van der Waals surface area contributed by atoms with Crippen LogP contribution in [0.3, 0.4) is 0 Å². The Balaban J connectivity index is 2.38. The molecule has 0 spiro atoms. The first kappa shape index (κ1) is 16.0. The van der Waals surface area contributed by atoms with Crippen molar-refractivity contribution in [3.63, 3.8) is 0 Å². The van der Waals surface area contributed by atoms with Crippen LogP contribution >= 0.6 is 7.60 Å². The van der Waals surface area contributed by atoms with Crippen LogP contribution in [0.4, 0.5) is 0 Å². The summed E-state index contributed by atoms with van der Waals surface area (Å²) in [6.45, 7) is 5.76. The summed E-state index contributed by atoms with van der Waals surface area (Å²) in [5.41, 5.74) is 0. The Hall–Kier alpha value is -0.380. The minimum absolute atomic E-state index is 0.0681. The molecule has 6 heteroatoms. The Kier molecular flexibility index (Phi) is 4.93. The monoisotopic (exact) mass is 304 g/mol. The van der Waals surface area contributed by atoms with Crippen molar-refractivity contribution < 1.29 is 23.1 Å². The maximum absolute atomic E-state index is 13.2. The van der Waals surface area contributed by atoms with Crippen LogP contribution in [0.1, 0.15) is 52.9 Å². The van der Waals surface area contributed by atoms with Gasteiger partial charge in [0.1, 0.15) is 6.10 Å². The van der Waals surface area contributed by atoms with Gasteiger partial charge in [-0.2, -0.15) is 0 Å². The Bertz CT molecular complexity index is 400. The first-order valence-electron chi connectivity index (χ1n) is 7.60. The fourth-order valence-electron chi connectivity index (χ4n) is 3.43. The van der Waals surface area contributed by atoms with Gasteiger partial charge < -0.3 is 13.8 Å². The van der Waals surface area contributed by atoms with E-state index in [1.165, 1.54) is 0 Å². The highest BCUT2D eigenvalue weighted by Crippen LogP contribution is 2.67. The fraction of sp³-hybridized carbons (Fsp3) is 0.929. The summed E-state index contributed by atoms with van der Waals surface area (Å²) >= 11 is 0. The van der Waals surface area contributed by atoms with Gasteiger partial charge in [-0.3, -0.25) is 9.36 Å². The maximum Gasteiger partial charge on any atom is 0.348 e. The minimum atomic E-state index is -3.52. The van der Waals surface area contributed by atoms with Crippen molar-refractivity contribution in [3.8, 4) is 0 Å². The third kappa shape index (κ3) is 2.44. The number of hydrogen-bond acceptors (Lipinski definition) is 5. The molecule has 2 fully saturated rings. The molecule has 5 nitrogen and oxygen atoms in total. The van der Waals surface area contributed by atoms with Crippen LogP contribution < -0.4 is 0 Å². The summed E-state index contributed by atoms with van der Waals surface area (Å²) in [6, 6.07) is 0. The lowest BCUT2D eigenvalue weighted by atomic mass is 9.87. The van der Waals surface area contributed by atoms with Crippen molar-refractivity contribution in [2.24, 2.45) is 5.92 Å². The van der Waals surface area contributed by atoms with E-state index in [1.54, 1.807) is 20.8 Å². The molecule has 1 aliphatic carbocycles. The summed E-state index contributed by atoms with van der Waals surface area (Å²) in [7, 11) is -3.52. The fourth-order valence-corrected chi connectivity index (χ4v) is 5.69. The van der Waals surface area contributed by atoms with Crippen molar-refractivity contribution >= 4 is 13.6 Å². The van der Waals surface area contributed by atoms with Crippen molar-refractivity contribution in [1.82, 2.24) is 0 Å². The normalized spacial score (nSPS) is 34.5. The van der Waals surface area contributed by atoms with Crippen molar-refractivity contribution in [2.45, 2.75) is 64.1 Å². The predicted molar refractivity (Wildman–Crippen MR) is 75.7 cm³/mol. The minimum Gasteiger partial charge on any atom is -0.461 e. The largest absolute Gasteiger partial charge is 0.461 e. The van der Waals surface area contributed by atoms with E-state index in [4.69, 9.17) is 13.8 Å². The summed E-state index contributed by atoms with van der Waals surface area (Å²) in [5.74, 6) is -0.485. The number of carbonyl (C=O) groups excluding carboxylic acids is 1. The molecule has 1 aliphatic heterocycles. The van der Waals surface area contributed by atoms with Crippen LogP contribution in [-0.2, 0) is 23.1 Å². The zero-order chi connectivity index (χ0) is 14.8. The second kappa shape index (κ2) is 6.17. The molecule has 2 rings (SSSR count). The Morgan fingerprint density at radius 1 is 1.20 bits per heavy atom. The van der Waals surface area contributed by atoms with Gasteiger partial charge in [-0.15, -0.1) is 0 Å². The van der Waals surface area contributed by atoms with Crippen LogP contribution in [0.2, 0.25) is 0 Å². The zero-order valence-corrected chi connectivity index (χ0v) is 13.5. The van der Waals surface area contributed by atoms with E-state index in [0.29, 0.717) is 0 Å².